The summed E-state index contributed by atoms with van der Waals surface area (Å²) in [7, 11) is 0. The molecule has 0 saturated carbocycles. The molecule has 1 aromatic carbocycles. The highest BCUT2D eigenvalue weighted by atomic mass is 16.5. The summed E-state index contributed by atoms with van der Waals surface area (Å²) in [5.74, 6) is -0.902. The summed E-state index contributed by atoms with van der Waals surface area (Å²) in [6, 6.07) is 5.40. The van der Waals surface area contributed by atoms with Crippen molar-refractivity contribution >= 4 is 5.97 Å². The zero-order chi connectivity index (χ0) is 15.8. The number of hydrogen-bond acceptors (Lipinski definition) is 2. The van der Waals surface area contributed by atoms with Gasteiger partial charge >= 0.3 is 5.97 Å². The van der Waals surface area contributed by atoms with Gasteiger partial charge in [-0.25, -0.2) is 4.79 Å². The van der Waals surface area contributed by atoms with Crippen LogP contribution >= 0.6 is 0 Å². The number of nitrogens with zero attached hydrogens (tertiary/aromatic N) is 1. The fourth-order valence-electron chi connectivity index (χ4n) is 4.01. The SMILES string of the molecule is CCC1(CC)c2ccc(C(=O)O)cc2C(CC)(CC)N1[OH2+]. The Morgan fingerprint density at radius 3 is 1.95 bits per heavy atom. The van der Waals surface area contributed by atoms with Crippen LogP contribution in [0, 0.1) is 0 Å². The zero-order valence-corrected chi connectivity index (χ0v) is 13.4. The largest absolute Gasteiger partial charge is 0.478 e. The summed E-state index contributed by atoms with van der Waals surface area (Å²) in [5, 5.41) is 19.8. The predicted molar refractivity (Wildman–Crippen MR) is 83.4 cm³/mol. The van der Waals surface area contributed by atoms with Gasteiger partial charge in [-0.2, -0.15) is 0 Å². The van der Waals surface area contributed by atoms with Crippen molar-refractivity contribution in [2.45, 2.75) is 64.5 Å². The second-order valence-electron chi connectivity index (χ2n) is 5.88. The summed E-state index contributed by atoms with van der Waals surface area (Å²) >= 11 is 0. The van der Waals surface area contributed by atoms with Gasteiger partial charge in [-0.3, -0.25) is 0 Å². The van der Waals surface area contributed by atoms with Crippen molar-refractivity contribution in [3.05, 3.63) is 34.9 Å². The van der Waals surface area contributed by atoms with Gasteiger partial charge in [0.1, 0.15) is 11.1 Å². The fraction of sp³-hybridized carbons (Fsp3) is 0.588. The van der Waals surface area contributed by atoms with Crippen molar-refractivity contribution in [2.75, 3.05) is 0 Å². The van der Waals surface area contributed by atoms with E-state index < -0.39 is 5.97 Å². The molecule has 1 aromatic rings. The molecule has 0 spiro atoms. The quantitative estimate of drug-likeness (QED) is 0.846. The van der Waals surface area contributed by atoms with E-state index in [9.17, 15) is 9.90 Å². The molecule has 4 nitrogen and oxygen atoms in total. The molecule has 4 heteroatoms. The Hall–Kier alpha value is -1.39. The van der Waals surface area contributed by atoms with Crippen molar-refractivity contribution in [3.63, 3.8) is 0 Å². The van der Waals surface area contributed by atoms with Gasteiger partial charge in [0.15, 0.2) is 0 Å². The highest BCUT2D eigenvalue weighted by Crippen LogP contribution is 2.54. The van der Waals surface area contributed by atoms with Crippen molar-refractivity contribution in [2.24, 2.45) is 0 Å². The molecule has 3 N–H and O–H groups in total. The number of carboxylic acid groups (broad SMARTS) is 1. The molecule has 0 aliphatic carbocycles. The minimum Gasteiger partial charge on any atom is -0.478 e. The molecule has 0 fully saturated rings. The van der Waals surface area contributed by atoms with E-state index in [0.717, 1.165) is 36.8 Å². The Labute approximate surface area is 126 Å². The van der Waals surface area contributed by atoms with Gasteiger partial charge in [0, 0.05) is 0 Å². The van der Waals surface area contributed by atoms with Crippen LogP contribution in [-0.4, -0.2) is 21.3 Å². The smallest absolute Gasteiger partial charge is 0.335 e. The fourth-order valence-corrected chi connectivity index (χ4v) is 4.01. The third-order valence-corrected chi connectivity index (χ3v) is 5.46. The van der Waals surface area contributed by atoms with Crippen LogP contribution in [0.5, 0.6) is 0 Å². The molecule has 21 heavy (non-hydrogen) atoms. The molecule has 1 aliphatic rings. The minimum atomic E-state index is -0.902. The van der Waals surface area contributed by atoms with E-state index in [-0.39, 0.29) is 11.1 Å². The lowest BCUT2D eigenvalue weighted by Gasteiger charge is -2.37. The first-order valence-electron chi connectivity index (χ1n) is 7.83. The van der Waals surface area contributed by atoms with Gasteiger partial charge in [-0.15, -0.1) is 0 Å². The van der Waals surface area contributed by atoms with Crippen LogP contribution < -0.4 is 0 Å². The summed E-state index contributed by atoms with van der Waals surface area (Å²) < 4.78 is 0. The molecule has 0 amide bonds. The molecule has 0 bridgehead atoms. The third-order valence-electron chi connectivity index (χ3n) is 5.46. The average Bonchev–Trinajstić information content (AvgIpc) is 2.72. The van der Waals surface area contributed by atoms with Crippen molar-refractivity contribution in [1.82, 2.24) is 5.06 Å². The Kier molecular flexibility index (Phi) is 4.13. The van der Waals surface area contributed by atoms with Gasteiger partial charge in [0.05, 0.1) is 5.56 Å². The predicted octanol–water partition coefficient (Wildman–Crippen LogP) is 3.37. The van der Waals surface area contributed by atoms with Crippen LogP contribution in [0.3, 0.4) is 0 Å². The monoisotopic (exact) mass is 292 g/mol. The molecule has 2 rings (SSSR count). The van der Waals surface area contributed by atoms with Gasteiger partial charge < -0.3 is 10.3 Å². The van der Waals surface area contributed by atoms with Crippen LogP contribution in [0.2, 0.25) is 0 Å². The number of carboxylic acids is 1. The van der Waals surface area contributed by atoms with Crippen LogP contribution in [0.4, 0.5) is 0 Å². The summed E-state index contributed by atoms with van der Waals surface area (Å²) in [6.07, 6.45) is 3.33. The number of carbonyl (C=O) groups is 1. The van der Waals surface area contributed by atoms with E-state index in [0.29, 0.717) is 5.56 Å². The first-order valence-corrected chi connectivity index (χ1v) is 7.83. The number of hydrogen-bond donors (Lipinski definition) is 1. The molecule has 0 unspecified atom stereocenters. The highest BCUT2D eigenvalue weighted by molar-refractivity contribution is 5.88. The van der Waals surface area contributed by atoms with Crippen LogP contribution in [0.15, 0.2) is 18.2 Å². The molecule has 1 aliphatic heterocycles. The minimum absolute atomic E-state index is 0.307. The molecule has 116 valence electrons. The average molecular weight is 292 g/mol. The number of hydroxylamine groups is 2. The number of aromatic carboxylic acids is 1. The zero-order valence-electron chi connectivity index (χ0n) is 13.4. The molecule has 0 radical (unpaired) electrons. The van der Waals surface area contributed by atoms with E-state index in [1.807, 2.05) is 6.07 Å². The van der Waals surface area contributed by atoms with Gasteiger partial charge in [0.2, 0.25) is 0 Å². The number of rotatable bonds is 5. The maximum atomic E-state index is 11.3. The maximum absolute atomic E-state index is 11.3. The summed E-state index contributed by atoms with van der Waals surface area (Å²) in [4.78, 5) is 11.3. The van der Waals surface area contributed by atoms with Crippen molar-refractivity contribution in [1.29, 1.82) is 0 Å². The van der Waals surface area contributed by atoms with Gasteiger partial charge in [-0.1, -0.05) is 38.8 Å². The normalized spacial score (nSPS) is 19.5. The van der Waals surface area contributed by atoms with Crippen LogP contribution in [0.25, 0.3) is 0 Å². The molecule has 1 heterocycles. The van der Waals surface area contributed by atoms with Crippen molar-refractivity contribution in [3.8, 4) is 0 Å². The third kappa shape index (κ3) is 1.93. The van der Waals surface area contributed by atoms with E-state index in [1.165, 1.54) is 0 Å². The van der Waals surface area contributed by atoms with Crippen LogP contribution in [0.1, 0.15) is 74.9 Å². The Morgan fingerprint density at radius 2 is 1.52 bits per heavy atom. The summed E-state index contributed by atoms with van der Waals surface area (Å²) in [5.41, 5.74) is 1.80. The molecular weight excluding hydrogens is 266 g/mol. The van der Waals surface area contributed by atoms with Gasteiger partial charge in [-0.05, 0) is 48.9 Å². The Balaban J connectivity index is 2.77. The van der Waals surface area contributed by atoms with E-state index in [2.05, 4.69) is 27.7 Å². The van der Waals surface area contributed by atoms with E-state index in [1.54, 1.807) is 17.2 Å². The van der Waals surface area contributed by atoms with Crippen molar-refractivity contribution < 1.29 is 15.1 Å². The molecule has 0 saturated heterocycles. The lowest BCUT2D eigenvalue weighted by atomic mass is 9.82. The standard InChI is InChI=1S/C17H25NO3/c1-5-16(6-2)13-10-9-12(15(19)20)11-14(13)17(7-3,8-4)18(16)21/h9-11,21H,5-8H2,1-4H3,(H,19,20)/p+1. The van der Waals surface area contributed by atoms with Crippen LogP contribution in [-0.2, 0) is 11.1 Å². The van der Waals surface area contributed by atoms with E-state index in [4.69, 9.17) is 5.21 Å². The molecular formula is C17H26NO3+. The first kappa shape index (κ1) is 16.0. The Bertz CT molecular complexity index is 545. The maximum Gasteiger partial charge on any atom is 0.335 e. The topological polar surface area (TPSA) is 63.4 Å². The summed E-state index contributed by atoms with van der Waals surface area (Å²) in [6.45, 7) is 8.40. The highest BCUT2D eigenvalue weighted by Gasteiger charge is 2.58. The number of fused-ring (bicyclic) bond motifs is 1. The molecule has 0 aromatic heterocycles. The van der Waals surface area contributed by atoms with E-state index >= 15 is 0 Å². The second kappa shape index (κ2) is 5.43. The Morgan fingerprint density at radius 1 is 1.05 bits per heavy atom. The van der Waals surface area contributed by atoms with Gasteiger partial charge in [0.25, 0.3) is 0 Å². The lowest BCUT2D eigenvalue weighted by Crippen LogP contribution is -2.48. The number of benzene rings is 1. The second-order valence-corrected chi connectivity index (χ2v) is 5.88. The molecule has 0 atom stereocenters. The first-order chi connectivity index (χ1) is 9.93. The lowest BCUT2D eigenvalue weighted by molar-refractivity contribution is -0.241.